The van der Waals surface area contributed by atoms with Gasteiger partial charge in [-0.25, -0.2) is 17.6 Å². The van der Waals surface area contributed by atoms with E-state index in [0.717, 1.165) is 12.1 Å². The number of nitrogens with zero attached hydrogens (tertiary/aromatic N) is 1. The van der Waals surface area contributed by atoms with E-state index < -0.39 is 33.7 Å². The summed E-state index contributed by atoms with van der Waals surface area (Å²) in [6.45, 7) is 2.64. The lowest BCUT2D eigenvalue weighted by molar-refractivity contribution is 0.0318. The molecule has 0 radical (unpaired) electrons. The molecule has 0 aliphatic carbocycles. The Morgan fingerprint density at radius 1 is 1.00 bits per heavy atom. The SMILES string of the molecule is CC(OC(=O)c1ccc(S(=O)(=O)N2CCOCC2)cc1)C(=O)c1ccc(F)cc1. The van der Waals surface area contributed by atoms with E-state index >= 15 is 0 Å². The average Bonchev–Trinajstić information content (AvgIpc) is 2.74. The lowest BCUT2D eigenvalue weighted by Gasteiger charge is -2.26. The van der Waals surface area contributed by atoms with Crippen molar-refractivity contribution in [2.45, 2.75) is 17.9 Å². The molecule has 1 atom stereocenters. The number of ether oxygens (including phenoxy) is 2. The maximum Gasteiger partial charge on any atom is 0.338 e. The standard InChI is InChI=1S/C20H20FNO6S/c1-14(19(23)15-2-6-17(21)7-3-15)28-20(24)16-4-8-18(9-5-16)29(25,26)22-10-12-27-13-11-22/h2-9,14H,10-13H2,1H3. The minimum Gasteiger partial charge on any atom is -0.451 e. The molecule has 7 nitrogen and oxygen atoms in total. The van der Waals surface area contributed by atoms with Gasteiger partial charge in [0.25, 0.3) is 0 Å². The van der Waals surface area contributed by atoms with Crippen LogP contribution >= 0.6 is 0 Å². The molecule has 0 spiro atoms. The molecular weight excluding hydrogens is 401 g/mol. The van der Waals surface area contributed by atoms with Crippen LogP contribution in [0.5, 0.6) is 0 Å². The molecule has 1 saturated heterocycles. The van der Waals surface area contributed by atoms with E-state index in [9.17, 15) is 22.4 Å². The molecule has 1 aliphatic heterocycles. The third kappa shape index (κ3) is 4.87. The normalized spacial score (nSPS) is 16.2. The van der Waals surface area contributed by atoms with Crippen LogP contribution in [0.3, 0.4) is 0 Å². The Kier molecular flexibility index (Phi) is 6.41. The van der Waals surface area contributed by atoms with E-state index in [1.807, 2.05) is 0 Å². The molecule has 1 unspecified atom stereocenters. The number of benzene rings is 2. The predicted octanol–water partition coefficient (Wildman–Crippen LogP) is 2.27. The van der Waals surface area contributed by atoms with E-state index in [4.69, 9.17) is 9.47 Å². The Morgan fingerprint density at radius 2 is 1.55 bits per heavy atom. The van der Waals surface area contributed by atoms with Gasteiger partial charge in [-0.05, 0) is 55.5 Å². The minimum atomic E-state index is -3.66. The van der Waals surface area contributed by atoms with Crippen LogP contribution in [-0.4, -0.2) is 56.9 Å². The highest BCUT2D eigenvalue weighted by atomic mass is 32.2. The van der Waals surface area contributed by atoms with Crippen molar-refractivity contribution in [1.29, 1.82) is 0 Å². The Morgan fingerprint density at radius 3 is 2.14 bits per heavy atom. The number of hydrogen-bond acceptors (Lipinski definition) is 6. The van der Waals surface area contributed by atoms with Crippen LogP contribution in [0.1, 0.15) is 27.6 Å². The second-order valence-corrected chi connectivity index (χ2v) is 8.40. The van der Waals surface area contributed by atoms with Crippen molar-refractivity contribution in [1.82, 2.24) is 4.31 Å². The molecule has 1 heterocycles. The van der Waals surface area contributed by atoms with E-state index in [1.54, 1.807) is 0 Å². The number of Topliss-reactive ketones (excluding diaryl/α,β-unsaturated/α-hetero) is 1. The molecule has 29 heavy (non-hydrogen) atoms. The molecule has 9 heteroatoms. The summed E-state index contributed by atoms with van der Waals surface area (Å²) in [5, 5.41) is 0. The number of rotatable bonds is 6. The smallest absolute Gasteiger partial charge is 0.338 e. The number of carbonyl (C=O) groups is 2. The summed E-state index contributed by atoms with van der Waals surface area (Å²) in [6, 6.07) is 10.3. The molecule has 154 valence electrons. The number of ketones is 1. The fraction of sp³-hybridized carbons (Fsp3) is 0.300. The molecule has 0 saturated carbocycles. The zero-order valence-corrected chi connectivity index (χ0v) is 16.5. The number of halogens is 1. The van der Waals surface area contributed by atoms with Crippen LogP contribution in [0.2, 0.25) is 0 Å². The van der Waals surface area contributed by atoms with Gasteiger partial charge in [-0.1, -0.05) is 0 Å². The quantitative estimate of drug-likeness (QED) is 0.525. The van der Waals surface area contributed by atoms with Gasteiger partial charge < -0.3 is 9.47 Å². The second kappa shape index (κ2) is 8.81. The largest absolute Gasteiger partial charge is 0.451 e. The van der Waals surface area contributed by atoms with Crippen LogP contribution in [0, 0.1) is 5.82 Å². The second-order valence-electron chi connectivity index (χ2n) is 6.46. The van der Waals surface area contributed by atoms with Gasteiger partial charge in [-0.3, -0.25) is 4.79 Å². The van der Waals surface area contributed by atoms with Crippen molar-refractivity contribution in [3.05, 3.63) is 65.5 Å². The van der Waals surface area contributed by atoms with Gasteiger partial charge in [0.2, 0.25) is 15.8 Å². The summed E-state index contributed by atoms with van der Waals surface area (Å²) in [7, 11) is -3.66. The highest BCUT2D eigenvalue weighted by Crippen LogP contribution is 2.18. The summed E-state index contributed by atoms with van der Waals surface area (Å²) >= 11 is 0. The zero-order valence-electron chi connectivity index (χ0n) is 15.7. The molecular formula is C20H20FNO6S. The maximum atomic E-state index is 13.0. The summed E-state index contributed by atoms with van der Waals surface area (Å²) in [5.41, 5.74) is 0.336. The number of morpholine rings is 1. The van der Waals surface area contributed by atoms with Gasteiger partial charge >= 0.3 is 5.97 Å². The molecule has 2 aromatic rings. The molecule has 0 amide bonds. The lowest BCUT2D eigenvalue weighted by atomic mass is 10.1. The van der Waals surface area contributed by atoms with E-state index in [2.05, 4.69) is 0 Å². The topological polar surface area (TPSA) is 90.0 Å². The third-order valence-corrected chi connectivity index (χ3v) is 6.39. The molecule has 1 fully saturated rings. The highest BCUT2D eigenvalue weighted by Gasteiger charge is 2.27. The van der Waals surface area contributed by atoms with E-state index in [1.165, 1.54) is 47.6 Å². The predicted molar refractivity (Wildman–Crippen MR) is 102 cm³/mol. The summed E-state index contributed by atoms with van der Waals surface area (Å²) in [5.74, 6) is -1.70. The number of carbonyl (C=O) groups excluding carboxylic acids is 2. The third-order valence-electron chi connectivity index (χ3n) is 4.48. The number of sulfonamides is 1. The van der Waals surface area contributed by atoms with Crippen LogP contribution < -0.4 is 0 Å². The first-order valence-electron chi connectivity index (χ1n) is 8.98. The zero-order chi connectivity index (χ0) is 21.0. The fourth-order valence-corrected chi connectivity index (χ4v) is 4.24. The maximum absolute atomic E-state index is 13.0. The van der Waals surface area contributed by atoms with E-state index in [-0.39, 0.29) is 29.1 Å². The minimum absolute atomic E-state index is 0.0615. The van der Waals surface area contributed by atoms with Crippen molar-refractivity contribution in [2.75, 3.05) is 26.3 Å². The fourth-order valence-electron chi connectivity index (χ4n) is 2.83. The number of esters is 1. The Labute approximate surface area is 168 Å². The van der Waals surface area contributed by atoms with Gasteiger partial charge in [-0.15, -0.1) is 0 Å². The first-order chi connectivity index (χ1) is 13.8. The monoisotopic (exact) mass is 421 g/mol. The molecule has 0 bridgehead atoms. The lowest BCUT2D eigenvalue weighted by Crippen LogP contribution is -2.40. The molecule has 0 aromatic heterocycles. The molecule has 1 aliphatic rings. The summed E-state index contributed by atoms with van der Waals surface area (Å²) in [6.07, 6.45) is -1.08. The van der Waals surface area contributed by atoms with Gasteiger partial charge in [0.05, 0.1) is 23.7 Å². The van der Waals surface area contributed by atoms with Crippen molar-refractivity contribution in [2.24, 2.45) is 0 Å². The number of hydrogen-bond donors (Lipinski definition) is 0. The molecule has 2 aromatic carbocycles. The summed E-state index contributed by atoms with van der Waals surface area (Å²) in [4.78, 5) is 24.6. The van der Waals surface area contributed by atoms with Gasteiger partial charge in [0, 0.05) is 18.7 Å². The first-order valence-corrected chi connectivity index (χ1v) is 10.4. The molecule has 3 rings (SSSR count). The van der Waals surface area contributed by atoms with Crippen LogP contribution in [0.4, 0.5) is 4.39 Å². The van der Waals surface area contributed by atoms with Gasteiger partial charge in [0.1, 0.15) is 5.82 Å². The van der Waals surface area contributed by atoms with Crippen LogP contribution in [0.25, 0.3) is 0 Å². The van der Waals surface area contributed by atoms with Crippen molar-refractivity contribution >= 4 is 21.8 Å². The average molecular weight is 421 g/mol. The van der Waals surface area contributed by atoms with Gasteiger partial charge in [0.15, 0.2) is 6.10 Å². The van der Waals surface area contributed by atoms with Crippen molar-refractivity contribution < 1.29 is 31.9 Å². The van der Waals surface area contributed by atoms with Crippen molar-refractivity contribution in [3.63, 3.8) is 0 Å². The highest BCUT2D eigenvalue weighted by molar-refractivity contribution is 7.89. The van der Waals surface area contributed by atoms with Crippen molar-refractivity contribution in [3.8, 4) is 0 Å². The van der Waals surface area contributed by atoms with Crippen LogP contribution in [-0.2, 0) is 19.5 Å². The first kappa shape index (κ1) is 21.1. The van der Waals surface area contributed by atoms with E-state index in [0.29, 0.717) is 13.2 Å². The molecule has 0 N–H and O–H groups in total. The summed E-state index contributed by atoms with van der Waals surface area (Å²) < 4.78 is 49.8. The Bertz CT molecular complexity index is 983. The van der Waals surface area contributed by atoms with Gasteiger partial charge in [-0.2, -0.15) is 4.31 Å². The van der Waals surface area contributed by atoms with Crippen LogP contribution in [0.15, 0.2) is 53.4 Å². The Hall–Kier alpha value is -2.62. The Balaban J connectivity index is 1.67.